The van der Waals surface area contributed by atoms with Gasteiger partial charge in [-0.05, 0) is 43.0 Å². The molecule has 4 nitrogen and oxygen atoms in total. The summed E-state index contributed by atoms with van der Waals surface area (Å²) in [4.78, 5) is 4.31. The van der Waals surface area contributed by atoms with Crippen LogP contribution in [0.2, 0.25) is 5.02 Å². The van der Waals surface area contributed by atoms with Crippen molar-refractivity contribution in [1.82, 2.24) is 4.98 Å². The highest BCUT2D eigenvalue weighted by Gasteiger charge is 2.35. The van der Waals surface area contributed by atoms with E-state index in [4.69, 9.17) is 11.6 Å². The molecule has 0 bridgehead atoms. The Labute approximate surface area is 129 Å². The van der Waals surface area contributed by atoms with Crippen molar-refractivity contribution in [1.29, 1.82) is 0 Å². The van der Waals surface area contributed by atoms with Gasteiger partial charge < -0.3 is 5.32 Å². The Hall–Kier alpha value is -1.33. The predicted molar refractivity (Wildman–Crippen MR) is 86.6 cm³/mol. The third-order valence-corrected chi connectivity index (χ3v) is 5.91. The van der Waals surface area contributed by atoms with Crippen LogP contribution in [0, 0.1) is 5.92 Å². The zero-order valence-corrected chi connectivity index (χ0v) is 13.3. The van der Waals surface area contributed by atoms with Crippen LogP contribution in [0.15, 0.2) is 30.5 Å². The van der Waals surface area contributed by atoms with Gasteiger partial charge in [0.2, 0.25) is 0 Å². The third-order valence-electron chi connectivity index (χ3n) is 4.08. The molecule has 1 N–H and O–H groups in total. The Balaban J connectivity index is 1.68. The van der Waals surface area contributed by atoms with Crippen molar-refractivity contribution in [2.75, 3.05) is 18.1 Å². The van der Waals surface area contributed by atoms with Gasteiger partial charge in [0.1, 0.15) is 9.84 Å². The number of benzene rings is 1. The van der Waals surface area contributed by atoms with Crippen molar-refractivity contribution in [3.63, 3.8) is 0 Å². The van der Waals surface area contributed by atoms with E-state index in [1.807, 2.05) is 24.3 Å². The number of aromatic nitrogens is 1. The van der Waals surface area contributed by atoms with Crippen molar-refractivity contribution in [3.05, 3.63) is 35.5 Å². The van der Waals surface area contributed by atoms with Crippen LogP contribution in [0.4, 0.5) is 5.69 Å². The number of fused-ring (bicyclic) bond motifs is 1. The number of sulfone groups is 1. The quantitative estimate of drug-likeness (QED) is 0.938. The molecular weight excluding hydrogens is 308 g/mol. The molecular formula is C15H17ClN2O2S. The molecule has 1 saturated carbocycles. The first-order chi connectivity index (χ1) is 9.93. The zero-order chi connectivity index (χ0) is 15.0. The molecule has 1 fully saturated rings. The van der Waals surface area contributed by atoms with Crippen molar-refractivity contribution < 1.29 is 8.42 Å². The second kappa shape index (κ2) is 5.46. The fourth-order valence-corrected chi connectivity index (χ4v) is 4.13. The number of nitrogens with one attached hydrogen (secondary N) is 1. The van der Waals surface area contributed by atoms with Crippen molar-refractivity contribution in [3.8, 4) is 0 Å². The fraction of sp³-hybridized carbons (Fsp3) is 0.400. The number of hydrogen-bond acceptors (Lipinski definition) is 4. The monoisotopic (exact) mass is 324 g/mol. The summed E-state index contributed by atoms with van der Waals surface area (Å²) in [5, 5.41) is 4.91. The van der Waals surface area contributed by atoms with E-state index in [1.165, 1.54) is 6.26 Å². The zero-order valence-electron chi connectivity index (χ0n) is 11.7. The smallest absolute Gasteiger partial charge is 0.150 e. The van der Waals surface area contributed by atoms with Crippen LogP contribution in [0.5, 0.6) is 0 Å². The Morgan fingerprint density at radius 1 is 1.33 bits per heavy atom. The normalized spacial score (nSPS) is 22.0. The van der Waals surface area contributed by atoms with E-state index in [1.54, 1.807) is 6.20 Å². The van der Waals surface area contributed by atoms with Gasteiger partial charge in [-0.1, -0.05) is 11.6 Å². The molecule has 2 aromatic rings. The summed E-state index contributed by atoms with van der Waals surface area (Å²) in [7, 11) is -2.88. The summed E-state index contributed by atoms with van der Waals surface area (Å²) < 4.78 is 22.8. The molecule has 1 aromatic heterocycles. The van der Waals surface area contributed by atoms with Crippen LogP contribution in [-0.4, -0.2) is 31.5 Å². The van der Waals surface area contributed by atoms with E-state index < -0.39 is 9.84 Å². The van der Waals surface area contributed by atoms with E-state index in [0.717, 1.165) is 36.0 Å². The lowest BCUT2D eigenvalue weighted by Gasteiger charge is -2.34. The summed E-state index contributed by atoms with van der Waals surface area (Å²) in [5.41, 5.74) is 1.89. The van der Waals surface area contributed by atoms with Gasteiger partial charge in [-0.3, -0.25) is 4.98 Å². The van der Waals surface area contributed by atoms with E-state index in [-0.39, 0.29) is 5.25 Å². The van der Waals surface area contributed by atoms with Gasteiger partial charge in [-0.25, -0.2) is 8.42 Å². The Morgan fingerprint density at radius 3 is 2.81 bits per heavy atom. The molecule has 3 rings (SSSR count). The molecule has 1 aliphatic carbocycles. The maximum atomic E-state index is 11.4. The summed E-state index contributed by atoms with van der Waals surface area (Å²) >= 11 is 6.04. The Kier molecular flexibility index (Phi) is 3.80. The minimum atomic E-state index is -2.88. The Morgan fingerprint density at radius 2 is 2.10 bits per heavy atom. The highest BCUT2D eigenvalue weighted by Crippen LogP contribution is 2.33. The van der Waals surface area contributed by atoms with Crippen LogP contribution in [0.1, 0.15) is 12.8 Å². The van der Waals surface area contributed by atoms with Gasteiger partial charge >= 0.3 is 0 Å². The third kappa shape index (κ3) is 3.14. The second-order valence-corrected chi connectivity index (χ2v) is 8.45. The van der Waals surface area contributed by atoms with E-state index in [2.05, 4.69) is 10.3 Å². The molecule has 0 amide bonds. The van der Waals surface area contributed by atoms with E-state index >= 15 is 0 Å². The molecule has 6 heteroatoms. The highest BCUT2D eigenvalue weighted by atomic mass is 35.5. The van der Waals surface area contributed by atoms with Crippen LogP contribution >= 0.6 is 11.6 Å². The molecule has 21 heavy (non-hydrogen) atoms. The summed E-state index contributed by atoms with van der Waals surface area (Å²) in [5.74, 6) is 0.409. The Bertz CT molecular complexity index is 770. The van der Waals surface area contributed by atoms with Crippen LogP contribution in [0.25, 0.3) is 10.9 Å². The van der Waals surface area contributed by atoms with E-state index in [9.17, 15) is 8.42 Å². The van der Waals surface area contributed by atoms with Crippen LogP contribution < -0.4 is 5.32 Å². The molecule has 0 unspecified atom stereocenters. The predicted octanol–water partition coefficient (Wildman–Crippen LogP) is 3.12. The standard InChI is InChI=1S/C15H17ClN2O2S/c1-21(19,20)12-6-10(7-12)9-18-15-4-5-17-14-3-2-11(16)8-13(14)15/h2-5,8,10,12H,6-7,9H2,1H3,(H,17,18). The van der Waals surface area contributed by atoms with Crippen molar-refractivity contribution >= 4 is 38.0 Å². The topological polar surface area (TPSA) is 59.1 Å². The summed E-state index contributed by atoms with van der Waals surface area (Å²) in [6.07, 6.45) is 4.57. The molecule has 0 spiro atoms. The SMILES string of the molecule is CS(=O)(=O)C1CC(CNc2ccnc3ccc(Cl)cc23)C1. The lowest BCUT2D eigenvalue weighted by atomic mass is 9.84. The minimum Gasteiger partial charge on any atom is -0.384 e. The highest BCUT2D eigenvalue weighted by molar-refractivity contribution is 7.91. The molecule has 112 valence electrons. The fourth-order valence-electron chi connectivity index (χ4n) is 2.72. The first-order valence-electron chi connectivity index (χ1n) is 6.90. The van der Waals surface area contributed by atoms with Gasteiger partial charge in [-0.15, -0.1) is 0 Å². The van der Waals surface area contributed by atoms with Gasteiger partial charge in [0.05, 0.1) is 10.8 Å². The maximum Gasteiger partial charge on any atom is 0.150 e. The first kappa shape index (κ1) is 14.6. The van der Waals surface area contributed by atoms with E-state index in [0.29, 0.717) is 10.9 Å². The molecule has 1 aliphatic rings. The molecule has 1 aromatic carbocycles. The summed E-state index contributed by atoms with van der Waals surface area (Å²) in [6, 6.07) is 7.53. The molecule has 1 heterocycles. The van der Waals surface area contributed by atoms with Gasteiger partial charge in [0.15, 0.2) is 0 Å². The maximum absolute atomic E-state index is 11.4. The largest absolute Gasteiger partial charge is 0.384 e. The number of hydrogen-bond donors (Lipinski definition) is 1. The van der Waals surface area contributed by atoms with Crippen molar-refractivity contribution in [2.45, 2.75) is 18.1 Å². The average Bonchev–Trinajstić information content (AvgIpc) is 2.35. The lowest BCUT2D eigenvalue weighted by molar-refractivity contribution is 0.333. The molecule has 0 aliphatic heterocycles. The molecule has 0 saturated heterocycles. The van der Waals surface area contributed by atoms with Gasteiger partial charge in [0, 0.05) is 35.1 Å². The van der Waals surface area contributed by atoms with Crippen LogP contribution in [-0.2, 0) is 9.84 Å². The number of pyridine rings is 1. The number of nitrogens with zero attached hydrogens (tertiary/aromatic N) is 1. The van der Waals surface area contributed by atoms with Gasteiger partial charge in [-0.2, -0.15) is 0 Å². The average molecular weight is 325 g/mol. The van der Waals surface area contributed by atoms with Crippen molar-refractivity contribution in [2.24, 2.45) is 5.92 Å². The summed E-state index contributed by atoms with van der Waals surface area (Å²) in [6.45, 7) is 0.775. The van der Waals surface area contributed by atoms with Gasteiger partial charge in [0.25, 0.3) is 0 Å². The minimum absolute atomic E-state index is 0.159. The second-order valence-electron chi connectivity index (χ2n) is 5.69. The molecule has 0 atom stereocenters. The first-order valence-corrected chi connectivity index (χ1v) is 9.24. The van der Waals surface area contributed by atoms with Crippen LogP contribution in [0.3, 0.4) is 0 Å². The number of rotatable bonds is 4. The lowest BCUT2D eigenvalue weighted by Crippen LogP contribution is -2.38. The number of halogens is 1. The number of anilines is 1. The molecule has 0 radical (unpaired) electrons.